The van der Waals surface area contributed by atoms with Crippen molar-refractivity contribution in [2.24, 2.45) is 0 Å². The normalized spacial score (nSPS) is 12.2. The quantitative estimate of drug-likeness (QED) is 0.886. The second kappa shape index (κ2) is 6.73. The van der Waals surface area contributed by atoms with E-state index in [1.54, 1.807) is 7.11 Å². The van der Waals surface area contributed by atoms with Crippen LogP contribution < -0.4 is 10.1 Å². The van der Waals surface area contributed by atoms with Gasteiger partial charge in [-0.3, -0.25) is 0 Å². The van der Waals surface area contributed by atoms with Gasteiger partial charge in [0.2, 0.25) is 0 Å². The lowest BCUT2D eigenvalue weighted by Gasteiger charge is -2.15. The zero-order valence-corrected chi connectivity index (χ0v) is 12.8. The molecule has 1 unspecified atom stereocenters. The maximum absolute atomic E-state index is 5.24. The summed E-state index contributed by atoms with van der Waals surface area (Å²) >= 11 is 3.52. The molecule has 2 nitrogen and oxygen atoms in total. The average Bonchev–Trinajstić information content (AvgIpc) is 2.45. The van der Waals surface area contributed by atoms with Crippen LogP contribution in [0, 0.1) is 0 Å². The van der Waals surface area contributed by atoms with Crippen molar-refractivity contribution in [3.8, 4) is 5.75 Å². The Kier molecular flexibility index (Phi) is 5.00. The van der Waals surface area contributed by atoms with E-state index >= 15 is 0 Å². The van der Waals surface area contributed by atoms with E-state index in [1.807, 2.05) is 12.1 Å². The summed E-state index contributed by atoms with van der Waals surface area (Å²) in [7, 11) is 1.68. The van der Waals surface area contributed by atoms with Gasteiger partial charge >= 0.3 is 0 Å². The summed E-state index contributed by atoms with van der Waals surface area (Å²) < 4.78 is 6.23. The first-order valence-corrected chi connectivity index (χ1v) is 7.10. The lowest BCUT2D eigenvalue weighted by atomic mass is 10.1. The Morgan fingerprint density at radius 3 is 2.53 bits per heavy atom. The average molecular weight is 320 g/mol. The van der Waals surface area contributed by atoms with E-state index in [2.05, 4.69) is 64.6 Å². The molecular formula is C16H18BrNO. The molecule has 2 rings (SSSR count). The Hall–Kier alpha value is -1.32. The fourth-order valence-electron chi connectivity index (χ4n) is 1.94. The van der Waals surface area contributed by atoms with Gasteiger partial charge in [0.15, 0.2) is 0 Å². The summed E-state index contributed by atoms with van der Waals surface area (Å²) in [6.07, 6.45) is 0. The van der Waals surface area contributed by atoms with Gasteiger partial charge in [-0.1, -0.05) is 36.4 Å². The highest BCUT2D eigenvalue weighted by Gasteiger charge is 2.07. The number of halogens is 1. The SMILES string of the molecule is COc1ccc(C(C)NCc2ccccc2)cc1Br. The molecule has 1 N–H and O–H groups in total. The van der Waals surface area contributed by atoms with Crippen LogP contribution in [0.3, 0.4) is 0 Å². The topological polar surface area (TPSA) is 21.3 Å². The number of hydrogen-bond acceptors (Lipinski definition) is 2. The number of benzene rings is 2. The first kappa shape index (κ1) is 14.1. The zero-order chi connectivity index (χ0) is 13.7. The zero-order valence-electron chi connectivity index (χ0n) is 11.2. The highest BCUT2D eigenvalue weighted by molar-refractivity contribution is 9.10. The molecule has 0 aromatic heterocycles. The summed E-state index contributed by atoms with van der Waals surface area (Å²) in [5.41, 5.74) is 2.53. The van der Waals surface area contributed by atoms with E-state index in [0.717, 1.165) is 16.8 Å². The molecule has 100 valence electrons. The molecule has 1 atom stereocenters. The van der Waals surface area contributed by atoms with Gasteiger partial charge in [-0.15, -0.1) is 0 Å². The molecule has 0 saturated heterocycles. The Balaban J connectivity index is 2.00. The van der Waals surface area contributed by atoms with Gasteiger partial charge in [-0.05, 0) is 46.1 Å². The molecule has 0 amide bonds. The molecule has 19 heavy (non-hydrogen) atoms. The molecule has 0 bridgehead atoms. The predicted octanol–water partition coefficient (Wildman–Crippen LogP) is 4.31. The molecule has 0 saturated carbocycles. The Morgan fingerprint density at radius 1 is 1.16 bits per heavy atom. The summed E-state index contributed by atoms with van der Waals surface area (Å²) in [6.45, 7) is 3.03. The highest BCUT2D eigenvalue weighted by atomic mass is 79.9. The number of rotatable bonds is 5. The van der Waals surface area contributed by atoms with E-state index in [1.165, 1.54) is 11.1 Å². The van der Waals surface area contributed by atoms with E-state index in [4.69, 9.17) is 4.74 Å². The summed E-state index contributed by atoms with van der Waals surface area (Å²) in [6, 6.07) is 16.9. The number of nitrogens with one attached hydrogen (secondary N) is 1. The molecule has 0 fully saturated rings. The molecule has 3 heteroatoms. The molecule has 0 aliphatic carbocycles. The van der Waals surface area contributed by atoms with E-state index in [-0.39, 0.29) is 0 Å². The molecular weight excluding hydrogens is 302 g/mol. The van der Waals surface area contributed by atoms with Gasteiger partial charge in [0.1, 0.15) is 5.75 Å². The van der Waals surface area contributed by atoms with Crippen molar-refractivity contribution in [3.05, 3.63) is 64.1 Å². The number of hydrogen-bond donors (Lipinski definition) is 1. The van der Waals surface area contributed by atoms with Crippen LogP contribution >= 0.6 is 15.9 Å². The Labute approximate surface area is 122 Å². The van der Waals surface area contributed by atoms with Crippen LogP contribution in [-0.4, -0.2) is 7.11 Å². The van der Waals surface area contributed by atoms with Crippen LogP contribution in [0.4, 0.5) is 0 Å². The molecule has 2 aromatic rings. The van der Waals surface area contributed by atoms with Crippen molar-refractivity contribution in [3.63, 3.8) is 0 Å². The van der Waals surface area contributed by atoms with Crippen LogP contribution in [0.2, 0.25) is 0 Å². The standard InChI is InChI=1S/C16H18BrNO/c1-12(18-11-13-6-4-3-5-7-13)14-8-9-16(19-2)15(17)10-14/h3-10,12,18H,11H2,1-2H3. The van der Waals surface area contributed by atoms with Crippen LogP contribution in [0.5, 0.6) is 5.75 Å². The van der Waals surface area contributed by atoms with Crippen LogP contribution in [0.1, 0.15) is 24.1 Å². The first-order chi connectivity index (χ1) is 9.20. The van der Waals surface area contributed by atoms with Gasteiger partial charge in [-0.25, -0.2) is 0 Å². The summed E-state index contributed by atoms with van der Waals surface area (Å²) in [5.74, 6) is 0.860. The van der Waals surface area contributed by atoms with E-state index < -0.39 is 0 Å². The molecule has 0 heterocycles. The molecule has 0 radical (unpaired) electrons. The minimum atomic E-state index is 0.294. The lowest BCUT2D eigenvalue weighted by molar-refractivity contribution is 0.411. The van der Waals surface area contributed by atoms with E-state index in [9.17, 15) is 0 Å². The van der Waals surface area contributed by atoms with E-state index in [0.29, 0.717) is 6.04 Å². The Bertz CT molecular complexity index is 528. The summed E-state index contributed by atoms with van der Waals surface area (Å²) in [4.78, 5) is 0. The third-order valence-corrected chi connectivity index (χ3v) is 3.75. The fraction of sp³-hybridized carbons (Fsp3) is 0.250. The minimum Gasteiger partial charge on any atom is -0.496 e. The largest absolute Gasteiger partial charge is 0.496 e. The third kappa shape index (κ3) is 3.82. The smallest absolute Gasteiger partial charge is 0.133 e. The van der Waals surface area contributed by atoms with Crippen molar-refractivity contribution in [2.75, 3.05) is 7.11 Å². The van der Waals surface area contributed by atoms with Gasteiger partial charge in [0.05, 0.1) is 11.6 Å². The number of methoxy groups -OCH3 is 1. The van der Waals surface area contributed by atoms with Crippen LogP contribution in [-0.2, 0) is 6.54 Å². The molecule has 0 aliphatic rings. The van der Waals surface area contributed by atoms with Crippen molar-refractivity contribution in [1.82, 2.24) is 5.32 Å². The van der Waals surface area contributed by atoms with Crippen molar-refractivity contribution < 1.29 is 4.74 Å². The third-order valence-electron chi connectivity index (χ3n) is 3.13. The van der Waals surface area contributed by atoms with Crippen molar-refractivity contribution >= 4 is 15.9 Å². The van der Waals surface area contributed by atoms with Gasteiger partial charge in [0.25, 0.3) is 0 Å². The predicted molar refractivity (Wildman–Crippen MR) is 82.4 cm³/mol. The lowest BCUT2D eigenvalue weighted by Crippen LogP contribution is -2.18. The van der Waals surface area contributed by atoms with Crippen molar-refractivity contribution in [2.45, 2.75) is 19.5 Å². The summed E-state index contributed by atoms with van der Waals surface area (Å²) in [5, 5.41) is 3.52. The van der Waals surface area contributed by atoms with Gasteiger partial charge in [-0.2, -0.15) is 0 Å². The van der Waals surface area contributed by atoms with Crippen LogP contribution in [0.25, 0.3) is 0 Å². The van der Waals surface area contributed by atoms with Crippen molar-refractivity contribution in [1.29, 1.82) is 0 Å². The molecule has 0 spiro atoms. The second-order valence-corrected chi connectivity index (χ2v) is 5.34. The second-order valence-electron chi connectivity index (χ2n) is 4.48. The minimum absolute atomic E-state index is 0.294. The first-order valence-electron chi connectivity index (χ1n) is 6.31. The highest BCUT2D eigenvalue weighted by Crippen LogP contribution is 2.28. The van der Waals surface area contributed by atoms with Gasteiger partial charge in [0, 0.05) is 12.6 Å². The molecule has 0 aliphatic heterocycles. The maximum atomic E-state index is 5.24. The Morgan fingerprint density at radius 2 is 1.89 bits per heavy atom. The molecule has 2 aromatic carbocycles. The van der Waals surface area contributed by atoms with Crippen LogP contribution in [0.15, 0.2) is 53.0 Å². The fourth-order valence-corrected chi connectivity index (χ4v) is 2.49. The maximum Gasteiger partial charge on any atom is 0.133 e. The van der Waals surface area contributed by atoms with Gasteiger partial charge < -0.3 is 10.1 Å². The monoisotopic (exact) mass is 319 g/mol. The number of ether oxygens (including phenoxy) is 1.